The smallest absolute Gasteiger partial charge is 0.254 e. The van der Waals surface area contributed by atoms with Crippen LogP contribution >= 0.6 is 0 Å². The highest BCUT2D eigenvalue weighted by atomic mass is 16.5. The molecule has 0 aromatic heterocycles. The molecule has 31 heavy (non-hydrogen) atoms. The predicted octanol–water partition coefficient (Wildman–Crippen LogP) is 3.63. The van der Waals surface area contributed by atoms with Crippen LogP contribution in [0.2, 0.25) is 0 Å². The summed E-state index contributed by atoms with van der Waals surface area (Å²) in [4.78, 5) is 28.9. The molecule has 6 heteroatoms. The van der Waals surface area contributed by atoms with Crippen molar-refractivity contribution in [1.29, 1.82) is 0 Å². The maximum Gasteiger partial charge on any atom is 0.254 e. The first kappa shape index (κ1) is 21.2. The molecule has 2 aliphatic rings. The Labute approximate surface area is 183 Å². The minimum atomic E-state index is -0.109. The van der Waals surface area contributed by atoms with Gasteiger partial charge in [-0.15, -0.1) is 0 Å². The van der Waals surface area contributed by atoms with E-state index in [2.05, 4.69) is 6.07 Å². The first-order valence-electron chi connectivity index (χ1n) is 11.2. The van der Waals surface area contributed by atoms with Gasteiger partial charge in [0.2, 0.25) is 5.91 Å². The van der Waals surface area contributed by atoms with Gasteiger partial charge in [0.1, 0.15) is 11.5 Å². The predicted molar refractivity (Wildman–Crippen MR) is 118 cm³/mol. The fourth-order valence-corrected chi connectivity index (χ4v) is 4.36. The van der Waals surface area contributed by atoms with Crippen LogP contribution in [0.3, 0.4) is 0 Å². The van der Waals surface area contributed by atoms with Gasteiger partial charge < -0.3 is 19.6 Å². The van der Waals surface area contributed by atoms with Crippen LogP contribution in [0, 0.1) is 0 Å². The zero-order chi connectivity index (χ0) is 21.6. The summed E-state index contributed by atoms with van der Waals surface area (Å²) < 4.78 is 6.07. The van der Waals surface area contributed by atoms with Crippen LogP contribution in [-0.4, -0.2) is 59.0 Å². The van der Waals surface area contributed by atoms with Gasteiger partial charge in [-0.1, -0.05) is 18.2 Å². The Morgan fingerprint density at radius 1 is 0.935 bits per heavy atom. The van der Waals surface area contributed by atoms with E-state index < -0.39 is 0 Å². The Bertz CT molecular complexity index is 915. The van der Waals surface area contributed by atoms with Gasteiger partial charge in [0.05, 0.1) is 6.10 Å². The Morgan fingerprint density at radius 3 is 2.39 bits per heavy atom. The fourth-order valence-electron chi connectivity index (χ4n) is 4.36. The maximum absolute atomic E-state index is 12.7. The molecule has 0 radical (unpaired) electrons. The third kappa shape index (κ3) is 5.57. The molecule has 2 aromatic rings. The zero-order valence-corrected chi connectivity index (χ0v) is 17.8. The van der Waals surface area contributed by atoms with Crippen molar-refractivity contribution in [2.24, 2.45) is 0 Å². The summed E-state index contributed by atoms with van der Waals surface area (Å²) in [5.41, 5.74) is 1.58. The molecule has 1 heterocycles. The lowest BCUT2D eigenvalue weighted by molar-refractivity contribution is -0.132. The number of benzene rings is 2. The number of hydrogen-bond acceptors (Lipinski definition) is 4. The molecule has 1 aliphatic carbocycles. The average molecular weight is 423 g/mol. The number of aryl methyl sites for hydroxylation is 1. The number of aromatic hydroxyl groups is 1. The highest BCUT2D eigenvalue weighted by Crippen LogP contribution is 2.25. The van der Waals surface area contributed by atoms with Gasteiger partial charge in [-0.25, -0.2) is 0 Å². The zero-order valence-electron chi connectivity index (χ0n) is 17.8. The quantitative estimate of drug-likeness (QED) is 0.772. The Morgan fingerprint density at radius 2 is 1.65 bits per heavy atom. The topological polar surface area (TPSA) is 70.1 Å². The summed E-state index contributed by atoms with van der Waals surface area (Å²) in [7, 11) is 0. The van der Waals surface area contributed by atoms with Crippen LogP contribution in [0.25, 0.3) is 0 Å². The minimum absolute atomic E-state index is 0.0809. The van der Waals surface area contributed by atoms with Crippen LogP contribution in [0.5, 0.6) is 11.5 Å². The first-order valence-corrected chi connectivity index (χ1v) is 11.2. The van der Waals surface area contributed by atoms with Crippen LogP contribution in [-0.2, 0) is 11.2 Å². The molecular weight excluding hydrogens is 392 g/mol. The summed E-state index contributed by atoms with van der Waals surface area (Å²) in [6.07, 6.45) is 6.20. The fraction of sp³-hybridized carbons (Fsp3) is 0.440. The van der Waals surface area contributed by atoms with Crippen molar-refractivity contribution in [2.75, 3.05) is 26.2 Å². The van der Waals surface area contributed by atoms with Crippen LogP contribution < -0.4 is 4.74 Å². The number of amides is 2. The lowest BCUT2D eigenvalue weighted by atomic mass is 10.1. The van der Waals surface area contributed by atoms with E-state index in [-0.39, 0.29) is 17.6 Å². The number of piperazine rings is 1. The van der Waals surface area contributed by atoms with Crippen molar-refractivity contribution in [3.8, 4) is 11.5 Å². The van der Waals surface area contributed by atoms with Crippen molar-refractivity contribution in [3.63, 3.8) is 0 Å². The van der Waals surface area contributed by atoms with E-state index in [4.69, 9.17) is 4.74 Å². The lowest BCUT2D eigenvalue weighted by Gasteiger charge is -2.35. The van der Waals surface area contributed by atoms with Crippen molar-refractivity contribution in [1.82, 2.24) is 9.80 Å². The van der Waals surface area contributed by atoms with Gasteiger partial charge in [0.15, 0.2) is 0 Å². The number of nitrogens with zero attached hydrogens (tertiary/aromatic N) is 2. The van der Waals surface area contributed by atoms with Gasteiger partial charge >= 0.3 is 0 Å². The number of ether oxygens (including phenoxy) is 1. The van der Waals surface area contributed by atoms with Crippen molar-refractivity contribution in [3.05, 3.63) is 59.7 Å². The highest BCUT2D eigenvalue weighted by molar-refractivity contribution is 5.94. The summed E-state index contributed by atoms with van der Waals surface area (Å²) >= 11 is 0. The first-order chi connectivity index (χ1) is 15.1. The number of carbonyl (C=O) groups excluding carboxylic acids is 2. The molecule has 0 bridgehead atoms. The van der Waals surface area contributed by atoms with Crippen molar-refractivity contribution < 1.29 is 19.4 Å². The third-order valence-corrected chi connectivity index (χ3v) is 6.14. The second-order valence-corrected chi connectivity index (χ2v) is 8.40. The summed E-state index contributed by atoms with van der Waals surface area (Å²) in [5, 5.41) is 9.58. The number of carbonyl (C=O) groups is 2. The van der Waals surface area contributed by atoms with E-state index in [0.29, 0.717) is 50.7 Å². The molecule has 2 fully saturated rings. The molecule has 2 aromatic carbocycles. The van der Waals surface area contributed by atoms with Gasteiger partial charge in [-0.3, -0.25) is 9.59 Å². The lowest BCUT2D eigenvalue weighted by Crippen LogP contribution is -2.50. The van der Waals surface area contributed by atoms with Gasteiger partial charge in [0.25, 0.3) is 5.91 Å². The molecule has 2 amide bonds. The van der Waals surface area contributed by atoms with E-state index in [0.717, 1.165) is 24.2 Å². The Balaban J connectivity index is 1.24. The molecule has 0 atom stereocenters. The van der Waals surface area contributed by atoms with Crippen LogP contribution in [0.1, 0.15) is 48.0 Å². The van der Waals surface area contributed by atoms with Crippen LogP contribution in [0.4, 0.5) is 0 Å². The van der Waals surface area contributed by atoms with Gasteiger partial charge in [0, 0.05) is 38.2 Å². The molecule has 164 valence electrons. The average Bonchev–Trinajstić information content (AvgIpc) is 3.30. The SMILES string of the molecule is O=C(CCc1cccc(OC2CCCC2)c1)N1CCN(C(=O)c2cccc(O)c2)CC1. The number of phenolic OH excluding ortho intramolecular Hbond substituents is 1. The second kappa shape index (κ2) is 9.86. The molecule has 0 unspecified atom stereocenters. The molecule has 1 aliphatic heterocycles. The van der Waals surface area contributed by atoms with E-state index >= 15 is 0 Å². The van der Waals surface area contributed by atoms with E-state index in [1.54, 1.807) is 23.1 Å². The number of hydrogen-bond donors (Lipinski definition) is 1. The highest BCUT2D eigenvalue weighted by Gasteiger charge is 2.25. The molecule has 6 nitrogen and oxygen atoms in total. The van der Waals surface area contributed by atoms with Gasteiger partial charge in [-0.2, -0.15) is 0 Å². The number of rotatable bonds is 6. The van der Waals surface area contributed by atoms with Gasteiger partial charge in [-0.05, 0) is 68.0 Å². The van der Waals surface area contributed by atoms with Crippen molar-refractivity contribution in [2.45, 2.75) is 44.6 Å². The normalized spacial score (nSPS) is 17.0. The summed E-state index contributed by atoms with van der Waals surface area (Å²) in [5.74, 6) is 0.988. The van der Waals surface area contributed by atoms with Crippen LogP contribution in [0.15, 0.2) is 48.5 Å². The molecular formula is C25H30N2O4. The van der Waals surface area contributed by atoms with E-state index in [9.17, 15) is 14.7 Å². The number of phenols is 1. The summed E-state index contributed by atoms with van der Waals surface area (Å²) in [6.45, 7) is 2.08. The van der Waals surface area contributed by atoms with Crippen molar-refractivity contribution >= 4 is 11.8 Å². The Kier molecular flexibility index (Phi) is 6.75. The largest absolute Gasteiger partial charge is 0.508 e. The monoisotopic (exact) mass is 422 g/mol. The summed E-state index contributed by atoms with van der Waals surface area (Å²) in [6, 6.07) is 14.5. The minimum Gasteiger partial charge on any atom is -0.508 e. The molecule has 1 saturated carbocycles. The third-order valence-electron chi connectivity index (χ3n) is 6.14. The Hall–Kier alpha value is -3.02. The maximum atomic E-state index is 12.7. The molecule has 1 N–H and O–H groups in total. The second-order valence-electron chi connectivity index (χ2n) is 8.40. The standard InChI is InChI=1S/C25H30N2O4/c28-21-7-4-6-20(18-21)25(30)27-15-13-26(14-16-27)24(29)12-11-19-5-3-10-23(17-19)31-22-8-1-2-9-22/h3-7,10,17-18,22,28H,1-2,8-9,11-16H2. The molecule has 0 spiro atoms. The van der Waals surface area contributed by atoms with E-state index in [1.165, 1.54) is 18.9 Å². The molecule has 1 saturated heterocycles. The molecule has 4 rings (SSSR count). The van der Waals surface area contributed by atoms with E-state index in [1.807, 2.05) is 23.1 Å².